The Labute approximate surface area is 116 Å². The van der Waals surface area contributed by atoms with Crippen molar-refractivity contribution in [3.05, 3.63) is 0 Å². The number of aliphatic hydroxyl groups is 1. The van der Waals surface area contributed by atoms with E-state index in [9.17, 15) is 9.90 Å². The number of carbonyl (C=O) groups excluding carboxylic acids is 1. The smallest absolute Gasteiger partial charge is 0.320 e. The monoisotopic (exact) mass is 268 g/mol. The molecule has 0 aliphatic carbocycles. The summed E-state index contributed by atoms with van der Waals surface area (Å²) >= 11 is 0. The summed E-state index contributed by atoms with van der Waals surface area (Å²) in [6.45, 7) is 7.71. The van der Waals surface area contributed by atoms with Crippen molar-refractivity contribution in [3.63, 3.8) is 0 Å². The van der Waals surface area contributed by atoms with Gasteiger partial charge in [-0.2, -0.15) is 0 Å². The van der Waals surface area contributed by atoms with E-state index in [1.165, 1.54) is 6.42 Å². The maximum atomic E-state index is 12.7. The van der Waals surface area contributed by atoms with Crippen molar-refractivity contribution in [1.29, 1.82) is 0 Å². The Balaban J connectivity index is 2.01. The summed E-state index contributed by atoms with van der Waals surface area (Å²) < 4.78 is 0. The second-order valence-electron chi connectivity index (χ2n) is 6.41. The van der Waals surface area contributed by atoms with E-state index in [1.807, 2.05) is 11.8 Å². The molecule has 110 valence electrons. The Morgan fingerprint density at radius 3 is 2.37 bits per heavy atom. The molecule has 0 aromatic heterocycles. The normalized spacial score (nSPS) is 34.2. The van der Waals surface area contributed by atoms with Crippen LogP contribution < -0.4 is 0 Å². The van der Waals surface area contributed by atoms with Crippen LogP contribution in [0.25, 0.3) is 0 Å². The van der Waals surface area contributed by atoms with Crippen molar-refractivity contribution in [3.8, 4) is 0 Å². The highest BCUT2D eigenvalue weighted by Gasteiger charge is 2.34. The molecule has 0 aromatic rings. The second-order valence-corrected chi connectivity index (χ2v) is 6.41. The summed E-state index contributed by atoms with van der Waals surface area (Å²) in [6.07, 6.45) is 5.19. The Kier molecular flexibility index (Phi) is 4.71. The molecule has 0 bridgehead atoms. The van der Waals surface area contributed by atoms with Gasteiger partial charge in [0, 0.05) is 31.1 Å². The van der Waals surface area contributed by atoms with Crippen LogP contribution in [0.1, 0.15) is 52.9 Å². The van der Waals surface area contributed by atoms with Crippen LogP contribution in [0.4, 0.5) is 4.79 Å². The third kappa shape index (κ3) is 3.22. The average Bonchev–Trinajstić information content (AvgIpc) is 2.38. The molecule has 4 heteroatoms. The predicted octanol–water partition coefficient (Wildman–Crippen LogP) is 2.46. The Bertz CT molecular complexity index is 309. The SMILES string of the molecule is CC(O)C1CCCN(C(=O)N2C(C)CCCC2C)C1. The number of likely N-dealkylation sites (tertiary alicyclic amines) is 2. The van der Waals surface area contributed by atoms with Gasteiger partial charge in [-0.25, -0.2) is 4.79 Å². The number of aliphatic hydroxyl groups excluding tert-OH is 1. The number of amides is 2. The van der Waals surface area contributed by atoms with Crippen molar-refractivity contribution >= 4 is 6.03 Å². The zero-order valence-corrected chi connectivity index (χ0v) is 12.5. The molecule has 2 aliphatic rings. The lowest BCUT2D eigenvalue weighted by atomic mass is 9.93. The number of piperidine rings is 2. The number of rotatable bonds is 1. The van der Waals surface area contributed by atoms with Crippen LogP contribution >= 0.6 is 0 Å². The molecule has 2 amide bonds. The van der Waals surface area contributed by atoms with Gasteiger partial charge in [0.15, 0.2) is 0 Å². The van der Waals surface area contributed by atoms with Gasteiger partial charge in [-0.1, -0.05) is 0 Å². The third-order valence-electron chi connectivity index (χ3n) is 4.82. The van der Waals surface area contributed by atoms with E-state index in [0.29, 0.717) is 18.6 Å². The van der Waals surface area contributed by atoms with Gasteiger partial charge in [0.05, 0.1) is 6.10 Å². The molecule has 2 saturated heterocycles. The largest absolute Gasteiger partial charge is 0.393 e. The molecule has 2 aliphatic heterocycles. The summed E-state index contributed by atoms with van der Waals surface area (Å²) in [5, 5.41) is 9.74. The molecular weight excluding hydrogens is 240 g/mol. The highest BCUT2D eigenvalue weighted by atomic mass is 16.3. The molecule has 0 spiro atoms. The molecule has 4 atom stereocenters. The Morgan fingerprint density at radius 1 is 1.16 bits per heavy atom. The van der Waals surface area contributed by atoms with Crippen molar-refractivity contribution in [2.24, 2.45) is 5.92 Å². The number of urea groups is 1. The lowest BCUT2D eigenvalue weighted by Crippen LogP contribution is -2.55. The average molecular weight is 268 g/mol. The van der Waals surface area contributed by atoms with E-state index in [1.54, 1.807) is 0 Å². The minimum absolute atomic E-state index is 0.185. The number of carbonyl (C=O) groups is 1. The summed E-state index contributed by atoms with van der Waals surface area (Å²) in [4.78, 5) is 16.7. The van der Waals surface area contributed by atoms with Gasteiger partial charge in [-0.05, 0) is 52.9 Å². The fraction of sp³-hybridized carbons (Fsp3) is 0.933. The van der Waals surface area contributed by atoms with Gasteiger partial charge in [0.25, 0.3) is 0 Å². The first-order chi connectivity index (χ1) is 9.00. The maximum absolute atomic E-state index is 12.7. The topological polar surface area (TPSA) is 43.8 Å². The van der Waals surface area contributed by atoms with Gasteiger partial charge in [-0.3, -0.25) is 0 Å². The van der Waals surface area contributed by atoms with Crippen LogP contribution in [0, 0.1) is 5.92 Å². The standard InChI is InChI=1S/C15H28N2O2/c1-11-6-4-7-12(2)17(11)15(19)16-9-5-8-14(10-16)13(3)18/h11-14,18H,4-10H2,1-3H3. The summed E-state index contributed by atoms with van der Waals surface area (Å²) in [7, 11) is 0. The van der Waals surface area contributed by atoms with Crippen LogP contribution in [0.15, 0.2) is 0 Å². The van der Waals surface area contributed by atoms with Crippen molar-refractivity contribution < 1.29 is 9.90 Å². The van der Waals surface area contributed by atoms with Crippen LogP contribution in [-0.2, 0) is 0 Å². The number of hydrogen-bond donors (Lipinski definition) is 1. The third-order valence-corrected chi connectivity index (χ3v) is 4.82. The fourth-order valence-corrected chi connectivity index (χ4v) is 3.54. The first-order valence-corrected chi connectivity index (χ1v) is 7.76. The fourth-order valence-electron chi connectivity index (χ4n) is 3.54. The Hall–Kier alpha value is -0.770. The van der Waals surface area contributed by atoms with Gasteiger partial charge in [-0.15, -0.1) is 0 Å². The number of nitrogens with zero attached hydrogens (tertiary/aromatic N) is 2. The molecule has 2 rings (SSSR count). The molecule has 2 fully saturated rings. The first-order valence-electron chi connectivity index (χ1n) is 7.76. The molecule has 4 unspecified atom stereocenters. The van der Waals surface area contributed by atoms with E-state index in [4.69, 9.17) is 0 Å². The van der Waals surface area contributed by atoms with Crippen LogP contribution in [0.5, 0.6) is 0 Å². The molecule has 0 aromatic carbocycles. The van der Waals surface area contributed by atoms with Gasteiger partial charge in [0.1, 0.15) is 0 Å². The van der Waals surface area contributed by atoms with Crippen molar-refractivity contribution in [2.45, 2.75) is 71.1 Å². The van der Waals surface area contributed by atoms with Crippen molar-refractivity contribution in [1.82, 2.24) is 9.80 Å². The van der Waals surface area contributed by atoms with Crippen molar-refractivity contribution in [2.75, 3.05) is 13.1 Å². The van der Waals surface area contributed by atoms with E-state index >= 15 is 0 Å². The van der Waals surface area contributed by atoms with Crippen LogP contribution in [0.2, 0.25) is 0 Å². The highest BCUT2D eigenvalue weighted by molar-refractivity contribution is 5.75. The maximum Gasteiger partial charge on any atom is 0.320 e. The molecule has 0 saturated carbocycles. The lowest BCUT2D eigenvalue weighted by Gasteiger charge is -2.44. The summed E-state index contributed by atoms with van der Waals surface area (Å²) in [6, 6.07) is 0.886. The zero-order valence-electron chi connectivity index (χ0n) is 12.5. The molecule has 0 radical (unpaired) electrons. The van der Waals surface area contributed by atoms with Crippen LogP contribution in [0.3, 0.4) is 0 Å². The highest BCUT2D eigenvalue weighted by Crippen LogP contribution is 2.26. The van der Waals surface area contributed by atoms with Crippen LogP contribution in [-0.4, -0.2) is 52.2 Å². The minimum Gasteiger partial charge on any atom is -0.393 e. The molecule has 2 heterocycles. The zero-order chi connectivity index (χ0) is 14.0. The minimum atomic E-state index is -0.313. The second kappa shape index (κ2) is 6.12. The molecule has 4 nitrogen and oxygen atoms in total. The van der Waals surface area contributed by atoms with Gasteiger partial charge >= 0.3 is 6.03 Å². The predicted molar refractivity (Wildman–Crippen MR) is 76.0 cm³/mol. The van der Waals surface area contributed by atoms with E-state index in [0.717, 1.165) is 32.2 Å². The summed E-state index contributed by atoms with van der Waals surface area (Å²) in [5.74, 6) is 0.244. The molecule has 19 heavy (non-hydrogen) atoms. The van der Waals surface area contributed by atoms with E-state index in [-0.39, 0.29) is 18.1 Å². The summed E-state index contributed by atoms with van der Waals surface area (Å²) in [5.41, 5.74) is 0. The lowest BCUT2D eigenvalue weighted by molar-refractivity contribution is 0.0483. The molecule has 1 N–H and O–H groups in total. The van der Waals surface area contributed by atoms with E-state index in [2.05, 4.69) is 18.7 Å². The quantitative estimate of drug-likeness (QED) is 0.794. The van der Waals surface area contributed by atoms with E-state index < -0.39 is 0 Å². The first kappa shape index (κ1) is 14.6. The van der Waals surface area contributed by atoms with Gasteiger partial charge in [0.2, 0.25) is 0 Å². The molecular formula is C15H28N2O2. The van der Waals surface area contributed by atoms with Gasteiger partial charge < -0.3 is 14.9 Å². The number of hydrogen-bond acceptors (Lipinski definition) is 2. The Morgan fingerprint density at radius 2 is 1.79 bits per heavy atom.